The summed E-state index contributed by atoms with van der Waals surface area (Å²) in [4.78, 5) is 13.3. The third-order valence-electron chi connectivity index (χ3n) is 2.82. The molecule has 1 aromatic rings. The molecule has 0 amide bonds. The third kappa shape index (κ3) is 2.30. The molecular weight excluding hydrogens is 205 g/mol. The van der Waals surface area contributed by atoms with E-state index in [9.17, 15) is 9.18 Å². The molecule has 0 aromatic heterocycles. The number of Topliss-reactive ketones (excluding diaryl/α,β-unsaturated/α-hetero) is 1. The second-order valence-electron chi connectivity index (χ2n) is 4.04. The summed E-state index contributed by atoms with van der Waals surface area (Å²) in [6, 6.07) is 6.60. The highest BCUT2D eigenvalue weighted by Crippen LogP contribution is 2.20. The van der Waals surface area contributed by atoms with Crippen LogP contribution in [0.5, 0.6) is 0 Å². The number of ketones is 1. The average Bonchev–Trinajstić information content (AvgIpc) is 2.27. The highest BCUT2D eigenvalue weighted by Gasteiger charge is 2.17. The van der Waals surface area contributed by atoms with Gasteiger partial charge in [-0.15, -0.1) is 0 Å². The van der Waals surface area contributed by atoms with E-state index in [2.05, 4.69) is 0 Å². The maximum absolute atomic E-state index is 13.4. The molecule has 2 rings (SSSR count). The Morgan fingerprint density at radius 2 is 2.12 bits per heavy atom. The Hall–Kier alpha value is -1.64. The molecule has 3 heteroatoms. The van der Waals surface area contributed by atoms with Gasteiger partial charge in [-0.3, -0.25) is 4.79 Å². The summed E-state index contributed by atoms with van der Waals surface area (Å²) in [5, 5.41) is 0. The number of nitrogens with zero attached hydrogens (tertiary/aromatic N) is 1. The van der Waals surface area contributed by atoms with Crippen molar-refractivity contribution >= 4 is 11.9 Å². The highest BCUT2D eigenvalue weighted by molar-refractivity contribution is 5.83. The SMILES string of the molecule is CN1CCC(=O)CC1=Cc1ccccc1F. The van der Waals surface area contributed by atoms with Gasteiger partial charge in [0, 0.05) is 37.7 Å². The van der Waals surface area contributed by atoms with Gasteiger partial charge in [0.15, 0.2) is 0 Å². The number of carbonyl (C=O) groups excluding carboxylic acids is 1. The van der Waals surface area contributed by atoms with Gasteiger partial charge in [0.05, 0.1) is 0 Å². The standard InChI is InChI=1S/C13H14FNO/c1-15-7-6-12(16)9-11(15)8-10-4-2-3-5-13(10)14/h2-5,8H,6-7,9H2,1H3. The van der Waals surface area contributed by atoms with Crippen LogP contribution in [-0.2, 0) is 4.79 Å². The molecular formula is C13H14FNO. The first kappa shape index (κ1) is 10.9. The maximum Gasteiger partial charge on any atom is 0.140 e. The van der Waals surface area contributed by atoms with Crippen LogP contribution in [0.1, 0.15) is 18.4 Å². The molecule has 0 aliphatic carbocycles. The zero-order valence-electron chi connectivity index (χ0n) is 9.24. The second-order valence-corrected chi connectivity index (χ2v) is 4.04. The van der Waals surface area contributed by atoms with Gasteiger partial charge in [0.2, 0.25) is 0 Å². The lowest BCUT2D eigenvalue weighted by Crippen LogP contribution is -2.28. The summed E-state index contributed by atoms with van der Waals surface area (Å²) in [5.74, 6) is -0.0258. The van der Waals surface area contributed by atoms with Crippen molar-refractivity contribution in [1.82, 2.24) is 4.90 Å². The minimum absolute atomic E-state index is 0.223. The van der Waals surface area contributed by atoms with Crippen LogP contribution in [0.3, 0.4) is 0 Å². The van der Waals surface area contributed by atoms with Crippen molar-refractivity contribution in [2.75, 3.05) is 13.6 Å². The predicted molar refractivity (Wildman–Crippen MR) is 61.2 cm³/mol. The van der Waals surface area contributed by atoms with Crippen molar-refractivity contribution in [2.24, 2.45) is 0 Å². The zero-order valence-corrected chi connectivity index (χ0v) is 9.24. The van der Waals surface area contributed by atoms with Crippen molar-refractivity contribution in [1.29, 1.82) is 0 Å². The topological polar surface area (TPSA) is 20.3 Å². The first-order valence-corrected chi connectivity index (χ1v) is 5.35. The summed E-state index contributed by atoms with van der Waals surface area (Å²) >= 11 is 0. The Morgan fingerprint density at radius 1 is 1.38 bits per heavy atom. The first-order chi connectivity index (χ1) is 7.66. The number of carbonyl (C=O) groups is 1. The van der Waals surface area contributed by atoms with Crippen LogP contribution in [-0.4, -0.2) is 24.3 Å². The fourth-order valence-corrected chi connectivity index (χ4v) is 1.79. The fraction of sp³-hybridized carbons (Fsp3) is 0.308. The van der Waals surface area contributed by atoms with Gasteiger partial charge < -0.3 is 4.90 Å². The smallest absolute Gasteiger partial charge is 0.140 e. The molecule has 16 heavy (non-hydrogen) atoms. The van der Waals surface area contributed by atoms with Crippen molar-refractivity contribution in [2.45, 2.75) is 12.8 Å². The third-order valence-corrected chi connectivity index (χ3v) is 2.82. The van der Waals surface area contributed by atoms with E-state index in [0.717, 1.165) is 12.2 Å². The molecule has 0 spiro atoms. The normalized spacial score (nSPS) is 19.2. The van der Waals surface area contributed by atoms with Crippen LogP contribution in [0.2, 0.25) is 0 Å². The molecule has 1 saturated heterocycles. The van der Waals surface area contributed by atoms with Crippen molar-refractivity contribution in [3.8, 4) is 0 Å². The average molecular weight is 219 g/mol. The number of rotatable bonds is 1. The number of halogens is 1. The molecule has 0 bridgehead atoms. The molecule has 1 aromatic carbocycles. The maximum atomic E-state index is 13.4. The number of likely N-dealkylation sites (tertiary alicyclic amines) is 1. The van der Waals surface area contributed by atoms with E-state index >= 15 is 0 Å². The lowest BCUT2D eigenvalue weighted by molar-refractivity contribution is -0.120. The molecule has 0 atom stereocenters. The quantitative estimate of drug-likeness (QED) is 0.723. The number of allylic oxidation sites excluding steroid dienone is 1. The summed E-state index contributed by atoms with van der Waals surface area (Å²) < 4.78 is 13.4. The lowest BCUT2D eigenvalue weighted by atomic mass is 10.0. The van der Waals surface area contributed by atoms with Crippen LogP contribution < -0.4 is 0 Å². The Bertz CT molecular complexity index is 439. The summed E-state index contributed by atoms with van der Waals surface area (Å²) in [6.45, 7) is 0.721. The molecule has 2 nitrogen and oxygen atoms in total. The molecule has 0 N–H and O–H groups in total. The highest BCUT2D eigenvalue weighted by atomic mass is 19.1. The predicted octanol–water partition coefficient (Wildman–Crippen LogP) is 2.46. The molecule has 1 aliphatic rings. The molecule has 1 fully saturated rings. The Kier molecular flexibility index (Phi) is 3.04. The van der Waals surface area contributed by atoms with Crippen LogP contribution >= 0.6 is 0 Å². The van der Waals surface area contributed by atoms with Crippen molar-refractivity contribution in [3.63, 3.8) is 0 Å². The summed E-state index contributed by atoms with van der Waals surface area (Å²) in [5.41, 5.74) is 1.43. The van der Waals surface area contributed by atoms with Crippen molar-refractivity contribution in [3.05, 3.63) is 41.3 Å². The van der Waals surface area contributed by atoms with E-state index in [4.69, 9.17) is 0 Å². The van der Waals surface area contributed by atoms with E-state index in [1.807, 2.05) is 11.9 Å². The van der Waals surface area contributed by atoms with Crippen LogP contribution in [0, 0.1) is 5.82 Å². The van der Waals surface area contributed by atoms with E-state index in [1.165, 1.54) is 6.07 Å². The monoisotopic (exact) mass is 219 g/mol. The van der Waals surface area contributed by atoms with E-state index in [-0.39, 0.29) is 11.6 Å². The number of benzene rings is 1. The van der Waals surface area contributed by atoms with Gasteiger partial charge in [-0.2, -0.15) is 0 Å². The minimum Gasteiger partial charge on any atom is -0.377 e. The van der Waals surface area contributed by atoms with Crippen molar-refractivity contribution < 1.29 is 9.18 Å². The summed E-state index contributed by atoms with van der Waals surface area (Å²) in [7, 11) is 1.93. The number of hydrogen-bond donors (Lipinski definition) is 0. The van der Waals surface area contributed by atoms with Gasteiger partial charge in [-0.1, -0.05) is 18.2 Å². The Balaban J connectivity index is 2.29. The number of piperidine rings is 1. The molecule has 84 valence electrons. The van der Waals surface area contributed by atoms with Crippen LogP contribution in [0.4, 0.5) is 4.39 Å². The van der Waals surface area contributed by atoms with E-state index < -0.39 is 0 Å². The van der Waals surface area contributed by atoms with Gasteiger partial charge in [0.1, 0.15) is 11.6 Å². The van der Waals surface area contributed by atoms with Gasteiger partial charge in [-0.25, -0.2) is 4.39 Å². The summed E-state index contributed by atoms with van der Waals surface area (Å²) in [6.07, 6.45) is 2.75. The fourth-order valence-electron chi connectivity index (χ4n) is 1.79. The lowest BCUT2D eigenvalue weighted by Gasteiger charge is -2.26. The molecule has 1 heterocycles. The van der Waals surface area contributed by atoms with E-state index in [0.29, 0.717) is 18.4 Å². The van der Waals surface area contributed by atoms with Gasteiger partial charge >= 0.3 is 0 Å². The Morgan fingerprint density at radius 3 is 2.88 bits per heavy atom. The van der Waals surface area contributed by atoms with Crippen LogP contribution in [0.15, 0.2) is 30.0 Å². The molecule has 0 saturated carbocycles. The Labute approximate surface area is 94.4 Å². The van der Waals surface area contributed by atoms with Gasteiger partial charge in [-0.05, 0) is 12.1 Å². The molecule has 0 radical (unpaired) electrons. The zero-order chi connectivity index (χ0) is 11.5. The minimum atomic E-state index is -0.249. The van der Waals surface area contributed by atoms with Crippen LogP contribution in [0.25, 0.3) is 6.08 Å². The number of hydrogen-bond acceptors (Lipinski definition) is 2. The first-order valence-electron chi connectivity index (χ1n) is 5.35. The largest absolute Gasteiger partial charge is 0.377 e. The molecule has 0 unspecified atom stereocenters. The molecule has 1 aliphatic heterocycles. The van der Waals surface area contributed by atoms with E-state index in [1.54, 1.807) is 24.3 Å². The second kappa shape index (κ2) is 4.47. The van der Waals surface area contributed by atoms with Gasteiger partial charge in [0.25, 0.3) is 0 Å².